The molecule has 1 aromatic carbocycles. The van der Waals surface area contributed by atoms with E-state index in [0.717, 1.165) is 29.5 Å². The number of hydrogen-bond acceptors (Lipinski definition) is 2. The van der Waals surface area contributed by atoms with Gasteiger partial charge in [-0.15, -0.1) is 0 Å². The summed E-state index contributed by atoms with van der Waals surface area (Å²) in [6.07, 6.45) is 1.90. The molecule has 1 N–H and O–H groups in total. The van der Waals surface area contributed by atoms with Crippen molar-refractivity contribution in [3.8, 4) is 5.75 Å². The lowest BCUT2D eigenvalue weighted by atomic mass is 9.89. The average Bonchev–Trinajstić information content (AvgIpc) is 2.93. The van der Waals surface area contributed by atoms with Crippen LogP contribution in [0.2, 0.25) is 0 Å². The van der Waals surface area contributed by atoms with Crippen molar-refractivity contribution in [2.75, 3.05) is 0 Å². The molecular weight excluding hydrogens is 188 g/mol. The summed E-state index contributed by atoms with van der Waals surface area (Å²) in [5.74, 6) is 0.588. The first-order valence-electron chi connectivity index (χ1n) is 5.29. The number of phenolic OH excluding ortho intramolecular Hbond substituents is 1. The number of rotatable bonds is 2. The number of Topliss-reactive ketones (excluding diaryl/α,β-unsaturated/α-hetero) is 1. The Kier molecular flexibility index (Phi) is 2.10. The van der Waals surface area contributed by atoms with Gasteiger partial charge in [0.05, 0.1) is 5.41 Å². The molecule has 80 valence electrons. The minimum atomic E-state index is -0.233. The molecule has 0 unspecified atom stereocenters. The summed E-state index contributed by atoms with van der Waals surface area (Å²) in [6.45, 7) is 5.41. The second-order valence-electron chi connectivity index (χ2n) is 4.60. The second kappa shape index (κ2) is 3.09. The van der Waals surface area contributed by atoms with Crippen LogP contribution in [0.25, 0.3) is 0 Å². The lowest BCUT2D eigenvalue weighted by Crippen LogP contribution is -2.17. The number of hydrogen-bond donors (Lipinski definition) is 1. The van der Waals surface area contributed by atoms with Crippen molar-refractivity contribution in [1.29, 1.82) is 0 Å². The number of benzene rings is 1. The van der Waals surface area contributed by atoms with Crippen molar-refractivity contribution in [2.24, 2.45) is 0 Å². The Morgan fingerprint density at radius 2 is 1.73 bits per heavy atom. The Balaban J connectivity index is 2.51. The number of carbonyl (C=O) groups excluding carboxylic acids is 1. The van der Waals surface area contributed by atoms with Crippen LogP contribution in [0.5, 0.6) is 5.75 Å². The van der Waals surface area contributed by atoms with Gasteiger partial charge in [0.15, 0.2) is 0 Å². The SMILES string of the molecule is CC(=O)C1(c2cc(C)c(O)c(C)c2)CC1. The van der Waals surface area contributed by atoms with Crippen LogP contribution in [-0.4, -0.2) is 10.9 Å². The van der Waals surface area contributed by atoms with Gasteiger partial charge in [-0.05, 0) is 50.3 Å². The summed E-state index contributed by atoms with van der Waals surface area (Å²) < 4.78 is 0. The van der Waals surface area contributed by atoms with E-state index >= 15 is 0 Å². The van der Waals surface area contributed by atoms with Crippen LogP contribution in [0.4, 0.5) is 0 Å². The van der Waals surface area contributed by atoms with Gasteiger partial charge in [-0.25, -0.2) is 0 Å². The van der Waals surface area contributed by atoms with Crippen molar-refractivity contribution < 1.29 is 9.90 Å². The number of phenols is 1. The molecule has 0 heterocycles. The Morgan fingerprint density at radius 3 is 2.07 bits per heavy atom. The van der Waals surface area contributed by atoms with Gasteiger partial charge < -0.3 is 5.11 Å². The largest absolute Gasteiger partial charge is 0.507 e. The number of aryl methyl sites for hydroxylation is 2. The lowest BCUT2D eigenvalue weighted by molar-refractivity contribution is -0.119. The van der Waals surface area contributed by atoms with E-state index in [4.69, 9.17) is 0 Å². The first kappa shape index (κ1) is 10.2. The summed E-state index contributed by atoms with van der Waals surface area (Å²) in [4.78, 5) is 11.6. The van der Waals surface area contributed by atoms with E-state index in [2.05, 4.69) is 0 Å². The molecule has 0 radical (unpaired) electrons. The van der Waals surface area contributed by atoms with Crippen molar-refractivity contribution >= 4 is 5.78 Å². The zero-order valence-corrected chi connectivity index (χ0v) is 9.42. The molecule has 0 saturated heterocycles. The van der Waals surface area contributed by atoms with Gasteiger partial charge in [0.25, 0.3) is 0 Å². The van der Waals surface area contributed by atoms with Crippen LogP contribution in [0.1, 0.15) is 36.5 Å². The van der Waals surface area contributed by atoms with E-state index in [0.29, 0.717) is 5.75 Å². The predicted octanol–water partition coefficient (Wildman–Crippen LogP) is 2.63. The summed E-state index contributed by atoms with van der Waals surface area (Å²) in [6, 6.07) is 3.88. The Bertz CT molecular complexity index is 405. The first-order valence-corrected chi connectivity index (χ1v) is 5.29. The van der Waals surface area contributed by atoms with Gasteiger partial charge in [-0.3, -0.25) is 4.79 Å². The molecule has 0 aromatic heterocycles. The molecule has 2 nitrogen and oxygen atoms in total. The van der Waals surface area contributed by atoms with E-state index in [1.165, 1.54) is 0 Å². The maximum Gasteiger partial charge on any atom is 0.140 e. The summed E-state index contributed by atoms with van der Waals surface area (Å²) in [5, 5.41) is 9.67. The number of aromatic hydroxyl groups is 1. The highest BCUT2D eigenvalue weighted by molar-refractivity contribution is 5.91. The lowest BCUT2D eigenvalue weighted by Gasteiger charge is -2.14. The maximum absolute atomic E-state index is 11.6. The van der Waals surface area contributed by atoms with Crippen molar-refractivity contribution in [1.82, 2.24) is 0 Å². The Labute approximate surface area is 89.9 Å². The van der Waals surface area contributed by atoms with Crippen LogP contribution in [0.15, 0.2) is 12.1 Å². The highest BCUT2D eigenvalue weighted by atomic mass is 16.3. The molecule has 0 atom stereocenters. The molecular formula is C13H16O2. The normalized spacial score (nSPS) is 17.5. The molecule has 1 aliphatic rings. The molecule has 2 heteroatoms. The van der Waals surface area contributed by atoms with Gasteiger partial charge in [-0.1, -0.05) is 12.1 Å². The molecule has 0 bridgehead atoms. The zero-order valence-electron chi connectivity index (χ0n) is 9.42. The van der Waals surface area contributed by atoms with Crippen LogP contribution >= 0.6 is 0 Å². The molecule has 1 fully saturated rings. The molecule has 0 aliphatic heterocycles. The van der Waals surface area contributed by atoms with E-state index in [9.17, 15) is 9.90 Å². The maximum atomic E-state index is 11.6. The third-order valence-corrected chi connectivity index (χ3v) is 3.47. The first-order chi connectivity index (χ1) is 6.97. The summed E-state index contributed by atoms with van der Waals surface area (Å²) >= 11 is 0. The Morgan fingerprint density at radius 1 is 1.27 bits per heavy atom. The minimum Gasteiger partial charge on any atom is -0.507 e. The summed E-state index contributed by atoms with van der Waals surface area (Å²) in [5.41, 5.74) is 2.56. The highest BCUT2D eigenvalue weighted by Gasteiger charge is 2.48. The number of carbonyl (C=O) groups is 1. The molecule has 2 rings (SSSR count). The van der Waals surface area contributed by atoms with Crippen LogP contribution in [-0.2, 0) is 10.2 Å². The highest BCUT2D eigenvalue weighted by Crippen LogP contribution is 2.49. The standard InChI is InChI=1S/C13H16O2/c1-8-6-11(7-9(2)12(8)15)13(4-5-13)10(3)14/h6-7,15H,4-5H2,1-3H3. The van der Waals surface area contributed by atoms with E-state index in [1.807, 2.05) is 26.0 Å². The average molecular weight is 204 g/mol. The zero-order chi connectivity index (χ0) is 11.2. The fourth-order valence-electron chi connectivity index (χ4n) is 2.20. The van der Waals surface area contributed by atoms with Gasteiger partial charge in [-0.2, -0.15) is 0 Å². The molecule has 1 saturated carbocycles. The molecule has 1 aromatic rings. The Hall–Kier alpha value is -1.31. The van der Waals surface area contributed by atoms with Crippen LogP contribution < -0.4 is 0 Å². The third-order valence-electron chi connectivity index (χ3n) is 3.47. The molecule has 0 spiro atoms. The van der Waals surface area contributed by atoms with Crippen molar-refractivity contribution in [2.45, 2.75) is 39.0 Å². The monoisotopic (exact) mass is 204 g/mol. The van der Waals surface area contributed by atoms with E-state index < -0.39 is 0 Å². The van der Waals surface area contributed by atoms with E-state index in [1.54, 1.807) is 6.92 Å². The fourth-order valence-corrected chi connectivity index (χ4v) is 2.20. The quantitative estimate of drug-likeness (QED) is 0.804. The minimum absolute atomic E-state index is 0.233. The van der Waals surface area contributed by atoms with Crippen molar-refractivity contribution in [3.63, 3.8) is 0 Å². The smallest absolute Gasteiger partial charge is 0.140 e. The fraction of sp³-hybridized carbons (Fsp3) is 0.462. The van der Waals surface area contributed by atoms with Crippen LogP contribution in [0.3, 0.4) is 0 Å². The molecule has 15 heavy (non-hydrogen) atoms. The van der Waals surface area contributed by atoms with Crippen LogP contribution in [0, 0.1) is 13.8 Å². The predicted molar refractivity (Wildman–Crippen MR) is 59.2 cm³/mol. The second-order valence-corrected chi connectivity index (χ2v) is 4.60. The van der Waals surface area contributed by atoms with E-state index in [-0.39, 0.29) is 11.2 Å². The van der Waals surface area contributed by atoms with Gasteiger partial charge in [0, 0.05) is 0 Å². The van der Waals surface area contributed by atoms with Gasteiger partial charge in [0.1, 0.15) is 11.5 Å². The summed E-state index contributed by atoms with van der Waals surface area (Å²) in [7, 11) is 0. The van der Waals surface area contributed by atoms with Gasteiger partial charge in [0.2, 0.25) is 0 Å². The van der Waals surface area contributed by atoms with Crippen molar-refractivity contribution in [3.05, 3.63) is 28.8 Å². The molecule has 0 amide bonds. The number of ketones is 1. The molecule has 1 aliphatic carbocycles. The topological polar surface area (TPSA) is 37.3 Å². The third kappa shape index (κ3) is 1.44. The van der Waals surface area contributed by atoms with Gasteiger partial charge >= 0.3 is 0 Å².